The largest absolute Gasteiger partial charge is 0.356 e. The van der Waals surface area contributed by atoms with E-state index in [0.717, 1.165) is 0 Å². The number of aromatic nitrogens is 3. The fourth-order valence-electron chi connectivity index (χ4n) is 3.81. The first-order valence-electron chi connectivity index (χ1n) is 9.62. The van der Waals surface area contributed by atoms with Crippen molar-refractivity contribution in [2.75, 3.05) is 24.6 Å². The highest BCUT2D eigenvalue weighted by molar-refractivity contribution is 5.79. The monoisotopic (exact) mass is 396 g/mol. The Labute approximate surface area is 167 Å². The third kappa shape index (κ3) is 3.89. The Hall–Kier alpha value is -3.12. The summed E-state index contributed by atoms with van der Waals surface area (Å²) in [6.45, 7) is 3.33. The molecule has 2 fully saturated rings. The Bertz CT molecular complexity index is 954. The van der Waals surface area contributed by atoms with Crippen molar-refractivity contribution >= 4 is 11.7 Å². The lowest BCUT2D eigenvalue weighted by Gasteiger charge is -2.34. The van der Waals surface area contributed by atoms with Crippen LogP contribution in [-0.4, -0.2) is 45.6 Å². The van der Waals surface area contributed by atoms with Crippen LogP contribution in [-0.2, 0) is 9.63 Å². The molecule has 0 N–H and O–H groups in total. The molecule has 4 rings (SSSR count). The topological polar surface area (TPSA) is 95.2 Å². The van der Waals surface area contributed by atoms with Crippen LogP contribution in [0.15, 0.2) is 24.7 Å². The van der Waals surface area contributed by atoms with Gasteiger partial charge in [0.15, 0.2) is 0 Å². The van der Waals surface area contributed by atoms with Crippen LogP contribution < -0.4 is 4.90 Å². The fraction of sp³-hybridized carbons (Fsp3) is 0.450. The number of amides is 1. The Balaban J connectivity index is 1.42. The number of hydrogen-bond acceptors (Lipinski definition) is 7. The van der Waals surface area contributed by atoms with Gasteiger partial charge >= 0.3 is 0 Å². The highest BCUT2D eigenvalue weighted by Crippen LogP contribution is 2.34. The molecule has 9 heteroatoms. The van der Waals surface area contributed by atoms with E-state index in [4.69, 9.17) is 10.1 Å². The predicted octanol–water partition coefficient (Wildman–Crippen LogP) is 2.31. The van der Waals surface area contributed by atoms with Gasteiger partial charge in [0.2, 0.25) is 5.91 Å². The highest BCUT2D eigenvalue weighted by atomic mass is 19.1. The second-order valence-electron chi connectivity index (χ2n) is 7.27. The molecular weight excluding hydrogens is 375 g/mol. The van der Waals surface area contributed by atoms with Crippen molar-refractivity contribution in [3.05, 3.63) is 47.4 Å². The Morgan fingerprint density at radius 2 is 2.03 bits per heavy atom. The molecule has 1 unspecified atom stereocenters. The second-order valence-corrected chi connectivity index (χ2v) is 7.27. The molecule has 2 aliphatic rings. The molecule has 2 aliphatic heterocycles. The van der Waals surface area contributed by atoms with Crippen LogP contribution in [0.3, 0.4) is 0 Å². The molecule has 4 heterocycles. The maximum Gasteiger partial charge on any atom is 0.249 e. The van der Waals surface area contributed by atoms with Gasteiger partial charge in [-0.15, -0.1) is 0 Å². The SMILES string of the molecule is Cc1ncc(C2CCON2C(=O)C2CCN(c3cc(C#N)ncn3)CC2)cc1F. The molecule has 29 heavy (non-hydrogen) atoms. The van der Waals surface area contributed by atoms with E-state index in [2.05, 4.69) is 15.0 Å². The maximum atomic E-state index is 13.9. The molecular formula is C20H21FN6O2. The summed E-state index contributed by atoms with van der Waals surface area (Å²) in [6.07, 6.45) is 4.91. The quantitative estimate of drug-likeness (QED) is 0.786. The van der Waals surface area contributed by atoms with Crippen molar-refractivity contribution in [3.8, 4) is 6.07 Å². The van der Waals surface area contributed by atoms with Crippen LogP contribution in [0.5, 0.6) is 0 Å². The second kappa shape index (κ2) is 8.09. The van der Waals surface area contributed by atoms with E-state index < -0.39 is 0 Å². The number of carbonyl (C=O) groups is 1. The maximum absolute atomic E-state index is 13.9. The van der Waals surface area contributed by atoms with Crippen molar-refractivity contribution in [1.29, 1.82) is 5.26 Å². The van der Waals surface area contributed by atoms with E-state index in [1.807, 2.05) is 11.0 Å². The highest BCUT2D eigenvalue weighted by Gasteiger charge is 2.37. The number of aryl methyl sites for hydroxylation is 1. The van der Waals surface area contributed by atoms with Gasteiger partial charge in [-0.25, -0.2) is 19.4 Å². The summed E-state index contributed by atoms with van der Waals surface area (Å²) >= 11 is 0. The van der Waals surface area contributed by atoms with E-state index in [1.54, 1.807) is 19.2 Å². The molecule has 0 aromatic carbocycles. The average Bonchev–Trinajstić information content (AvgIpc) is 3.25. The van der Waals surface area contributed by atoms with E-state index in [1.165, 1.54) is 17.5 Å². The number of hydrogen-bond donors (Lipinski definition) is 0. The lowest BCUT2D eigenvalue weighted by atomic mass is 9.94. The van der Waals surface area contributed by atoms with E-state index in [9.17, 15) is 9.18 Å². The summed E-state index contributed by atoms with van der Waals surface area (Å²) in [6, 6.07) is 4.79. The number of rotatable bonds is 3. The first kappa shape index (κ1) is 19.2. The van der Waals surface area contributed by atoms with Crippen molar-refractivity contribution in [2.45, 2.75) is 32.2 Å². The number of piperidine rings is 1. The van der Waals surface area contributed by atoms with Gasteiger partial charge in [0, 0.05) is 37.7 Å². The zero-order chi connectivity index (χ0) is 20.4. The molecule has 2 aromatic heterocycles. The molecule has 1 atom stereocenters. The summed E-state index contributed by atoms with van der Waals surface area (Å²) < 4.78 is 13.9. The van der Waals surface area contributed by atoms with Crippen molar-refractivity contribution in [2.24, 2.45) is 5.92 Å². The minimum Gasteiger partial charge on any atom is -0.356 e. The van der Waals surface area contributed by atoms with Crippen LogP contribution in [0, 0.1) is 30.0 Å². The van der Waals surface area contributed by atoms with Crippen LogP contribution in [0.25, 0.3) is 0 Å². The van der Waals surface area contributed by atoms with Gasteiger partial charge in [-0.05, 0) is 31.4 Å². The Morgan fingerprint density at radius 1 is 1.24 bits per heavy atom. The van der Waals surface area contributed by atoms with Gasteiger partial charge in [-0.1, -0.05) is 0 Å². The van der Waals surface area contributed by atoms with Gasteiger partial charge < -0.3 is 4.90 Å². The summed E-state index contributed by atoms with van der Waals surface area (Å²) in [4.78, 5) is 32.9. The summed E-state index contributed by atoms with van der Waals surface area (Å²) in [7, 11) is 0. The zero-order valence-corrected chi connectivity index (χ0v) is 16.1. The van der Waals surface area contributed by atoms with Gasteiger partial charge in [-0.2, -0.15) is 5.26 Å². The minimum absolute atomic E-state index is 0.0754. The lowest BCUT2D eigenvalue weighted by Crippen LogP contribution is -2.42. The lowest BCUT2D eigenvalue weighted by molar-refractivity contribution is -0.182. The first-order valence-corrected chi connectivity index (χ1v) is 9.62. The normalized spacial score (nSPS) is 20.0. The molecule has 0 bridgehead atoms. The summed E-state index contributed by atoms with van der Waals surface area (Å²) in [5.41, 5.74) is 1.31. The van der Waals surface area contributed by atoms with E-state index in [-0.39, 0.29) is 23.7 Å². The van der Waals surface area contributed by atoms with Crippen molar-refractivity contribution in [3.63, 3.8) is 0 Å². The number of nitriles is 1. The average molecular weight is 396 g/mol. The number of pyridine rings is 1. The number of hydroxylamine groups is 2. The fourth-order valence-corrected chi connectivity index (χ4v) is 3.81. The van der Waals surface area contributed by atoms with Crippen LogP contribution >= 0.6 is 0 Å². The number of nitrogens with zero attached hydrogens (tertiary/aromatic N) is 6. The molecule has 8 nitrogen and oxygen atoms in total. The Kier molecular flexibility index (Phi) is 5.36. The number of halogens is 1. The predicted molar refractivity (Wildman–Crippen MR) is 101 cm³/mol. The minimum atomic E-state index is -0.378. The van der Waals surface area contributed by atoms with Crippen LogP contribution in [0.1, 0.15) is 42.3 Å². The Morgan fingerprint density at radius 3 is 2.76 bits per heavy atom. The number of carbonyl (C=O) groups excluding carboxylic acids is 1. The third-order valence-electron chi connectivity index (χ3n) is 5.49. The van der Waals surface area contributed by atoms with Crippen LogP contribution in [0.4, 0.5) is 10.2 Å². The third-order valence-corrected chi connectivity index (χ3v) is 5.49. The summed E-state index contributed by atoms with van der Waals surface area (Å²) in [5.74, 6) is 0.0663. The van der Waals surface area contributed by atoms with Gasteiger partial charge in [0.05, 0.1) is 18.3 Å². The molecule has 1 amide bonds. The smallest absolute Gasteiger partial charge is 0.249 e. The van der Waals surface area contributed by atoms with E-state index in [0.29, 0.717) is 61.7 Å². The van der Waals surface area contributed by atoms with Crippen molar-refractivity contribution < 1.29 is 14.0 Å². The standard InChI is InChI=1S/C20H21FN6O2/c1-13-17(21)8-15(11-23-13)18-4-7-29-27(18)20(28)14-2-5-26(6-3-14)19-9-16(10-22)24-12-25-19/h8-9,11-12,14,18H,2-7H2,1H3. The molecule has 2 aromatic rings. The van der Waals surface area contributed by atoms with Gasteiger partial charge in [0.25, 0.3) is 0 Å². The summed E-state index contributed by atoms with van der Waals surface area (Å²) in [5, 5.41) is 10.4. The molecule has 0 radical (unpaired) electrons. The first-order chi connectivity index (χ1) is 14.1. The molecule has 0 saturated carbocycles. The van der Waals surface area contributed by atoms with Gasteiger partial charge in [-0.3, -0.25) is 14.6 Å². The molecule has 150 valence electrons. The number of anilines is 1. The molecule has 2 saturated heterocycles. The zero-order valence-electron chi connectivity index (χ0n) is 16.1. The van der Waals surface area contributed by atoms with Gasteiger partial charge in [0.1, 0.15) is 29.7 Å². The van der Waals surface area contributed by atoms with Crippen LogP contribution in [0.2, 0.25) is 0 Å². The van der Waals surface area contributed by atoms with Crippen molar-refractivity contribution in [1.82, 2.24) is 20.0 Å². The molecule has 0 spiro atoms. The molecule has 0 aliphatic carbocycles. The van der Waals surface area contributed by atoms with E-state index >= 15 is 0 Å².